The van der Waals surface area contributed by atoms with E-state index in [9.17, 15) is 9.59 Å². The number of aromatic nitrogens is 3. The van der Waals surface area contributed by atoms with E-state index in [4.69, 9.17) is 5.26 Å². The molecule has 1 aliphatic heterocycles. The van der Waals surface area contributed by atoms with Crippen molar-refractivity contribution in [2.24, 2.45) is 13.0 Å². The summed E-state index contributed by atoms with van der Waals surface area (Å²) in [4.78, 5) is 32.3. The number of carbonyl (C=O) groups is 1. The van der Waals surface area contributed by atoms with E-state index in [1.165, 1.54) is 16.0 Å². The molecule has 0 atom stereocenters. The highest BCUT2D eigenvalue weighted by molar-refractivity contribution is 7.17. The largest absolute Gasteiger partial charge is 0.338 e. The lowest BCUT2D eigenvalue weighted by Crippen LogP contribution is -2.38. The minimum Gasteiger partial charge on any atom is -0.338 e. The number of hydrogen-bond acceptors (Lipinski definition) is 6. The van der Waals surface area contributed by atoms with Crippen molar-refractivity contribution in [1.82, 2.24) is 19.7 Å². The van der Waals surface area contributed by atoms with E-state index in [2.05, 4.69) is 16.2 Å². The molecular formula is C18H21N5O2S. The monoisotopic (exact) mass is 371 g/mol. The molecule has 1 fully saturated rings. The highest BCUT2D eigenvalue weighted by Gasteiger charge is 2.27. The second-order valence-corrected chi connectivity index (χ2v) is 7.64. The topological polar surface area (TPSA) is 91.9 Å². The van der Waals surface area contributed by atoms with Gasteiger partial charge >= 0.3 is 0 Å². The van der Waals surface area contributed by atoms with Gasteiger partial charge in [-0.3, -0.25) is 9.59 Å². The van der Waals surface area contributed by atoms with Crippen LogP contribution in [-0.2, 0) is 7.05 Å². The molecule has 2 aromatic rings. The average Bonchev–Trinajstić information content (AvgIpc) is 3.01. The number of nitriles is 1. The zero-order valence-corrected chi connectivity index (χ0v) is 16.2. The zero-order valence-electron chi connectivity index (χ0n) is 15.4. The first kappa shape index (κ1) is 18.3. The molecule has 0 N–H and O–H groups in total. The summed E-state index contributed by atoms with van der Waals surface area (Å²) in [6.45, 7) is 6.66. The van der Waals surface area contributed by atoms with Gasteiger partial charge in [-0.15, -0.1) is 11.3 Å². The smallest absolute Gasteiger partial charge is 0.277 e. The van der Waals surface area contributed by atoms with Gasteiger partial charge < -0.3 is 4.90 Å². The molecular weight excluding hydrogens is 350 g/mol. The number of aryl methyl sites for hydroxylation is 3. The quantitative estimate of drug-likeness (QED) is 0.807. The molecule has 2 aromatic heterocycles. The SMILES string of the molecule is Cc1nc(-c2c(C)c(C)nn(C)c2=O)sc1C(=O)N1CCC(C#N)CC1. The van der Waals surface area contributed by atoms with E-state index in [0.29, 0.717) is 47.1 Å². The Morgan fingerprint density at radius 1 is 1.23 bits per heavy atom. The van der Waals surface area contributed by atoms with Crippen LogP contribution in [0.2, 0.25) is 0 Å². The van der Waals surface area contributed by atoms with Gasteiger partial charge in [0.1, 0.15) is 9.88 Å². The third-order valence-corrected chi connectivity index (χ3v) is 6.06. The normalized spacial score (nSPS) is 15.1. The number of carbonyl (C=O) groups excluding carboxylic acids is 1. The Labute approximate surface area is 155 Å². The molecule has 0 saturated carbocycles. The van der Waals surface area contributed by atoms with Crippen molar-refractivity contribution < 1.29 is 4.79 Å². The first-order chi connectivity index (χ1) is 12.3. The highest BCUT2D eigenvalue weighted by atomic mass is 32.1. The Morgan fingerprint density at radius 3 is 2.50 bits per heavy atom. The summed E-state index contributed by atoms with van der Waals surface area (Å²) in [5, 5.41) is 13.8. The Kier molecular flexibility index (Phi) is 4.92. The number of amides is 1. The minimum absolute atomic E-state index is 0.0302. The summed E-state index contributed by atoms with van der Waals surface area (Å²) >= 11 is 1.26. The molecule has 0 unspecified atom stereocenters. The van der Waals surface area contributed by atoms with Crippen LogP contribution in [0.25, 0.3) is 10.6 Å². The van der Waals surface area contributed by atoms with Crippen LogP contribution >= 0.6 is 11.3 Å². The Balaban J connectivity index is 1.95. The molecule has 3 rings (SSSR count). The van der Waals surface area contributed by atoms with Gasteiger partial charge in [-0.2, -0.15) is 10.4 Å². The third kappa shape index (κ3) is 3.15. The van der Waals surface area contributed by atoms with Crippen LogP contribution in [0.15, 0.2) is 4.79 Å². The Hall–Kier alpha value is -2.53. The van der Waals surface area contributed by atoms with Crippen molar-refractivity contribution in [2.75, 3.05) is 13.1 Å². The predicted molar refractivity (Wildman–Crippen MR) is 99.0 cm³/mol. The molecule has 0 aliphatic carbocycles. The third-order valence-electron chi connectivity index (χ3n) is 4.89. The maximum atomic E-state index is 12.9. The van der Waals surface area contributed by atoms with Crippen LogP contribution in [0.4, 0.5) is 0 Å². The maximum absolute atomic E-state index is 12.9. The van der Waals surface area contributed by atoms with Crippen molar-refractivity contribution >= 4 is 17.2 Å². The van der Waals surface area contributed by atoms with E-state index in [1.54, 1.807) is 18.9 Å². The molecule has 0 aromatic carbocycles. The van der Waals surface area contributed by atoms with Gasteiger partial charge in [-0.05, 0) is 39.2 Å². The standard InChI is InChI=1S/C18H21N5O2S/c1-10-11(2)21-22(4)17(24)14(10)16-20-12(3)15(26-16)18(25)23-7-5-13(9-19)6-8-23/h13H,5-8H2,1-4H3. The zero-order chi connectivity index (χ0) is 19.0. The van der Waals surface area contributed by atoms with Gasteiger partial charge in [0.2, 0.25) is 0 Å². The molecule has 136 valence electrons. The second-order valence-electron chi connectivity index (χ2n) is 6.64. The lowest BCUT2D eigenvalue weighted by molar-refractivity contribution is 0.0711. The summed E-state index contributed by atoms with van der Waals surface area (Å²) in [6.07, 6.45) is 1.41. The molecule has 3 heterocycles. The van der Waals surface area contributed by atoms with Crippen molar-refractivity contribution in [1.29, 1.82) is 5.26 Å². The number of likely N-dealkylation sites (tertiary alicyclic amines) is 1. The van der Waals surface area contributed by atoms with Gasteiger partial charge in [0.25, 0.3) is 11.5 Å². The van der Waals surface area contributed by atoms with Crippen LogP contribution in [-0.4, -0.2) is 38.7 Å². The molecule has 1 aliphatic rings. The minimum atomic E-state index is -0.212. The molecule has 1 saturated heterocycles. The van der Waals surface area contributed by atoms with E-state index in [0.717, 1.165) is 11.3 Å². The Bertz CT molecular complexity index is 961. The summed E-state index contributed by atoms with van der Waals surface area (Å²) < 4.78 is 1.31. The van der Waals surface area contributed by atoms with Gasteiger partial charge in [0, 0.05) is 26.1 Å². The van der Waals surface area contributed by atoms with Crippen molar-refractivity contribution in [2.45, 2.75) is 33.6 Å². The van der Waals surface area contributed by atoms with Gasteiger partial charge in [0.05, 0.1) is 23.0 Å². The maximum Gasteiger partial charge on any atom is 0.277 e. The van der Waals surface area contributed by atoms with E-state index in [1.807, 2.05) is 13.8 Å². The number of rotatable bonds is 2. The summed E-state index contributed by atoms with van der Waals surface area (Å²) in [5.41, 5.74) is 2.48. The molecule has 0 radical (unpaired) electrons. The van der Waals surface area contributed by atoms with Crippen LogP contribution in [0.1, 0.15) is 39.5 Å². The van der Waals surface area contributed by atoms with Crippen LogP contribution < -0.4 is 5.56 Å². The van der Waals surface area contributed by atoms with E-state index < -0.39 is 0 Å². The van der Waals surface area contributed by atoms with Gasteiger partial charge in [-0.25, -0.2) is 9.67 Å². The second kappa shape index (κ2) is 7.00. The van der Waals surface area contributed by atoms with Gasteiger partial charge in [0.15, 0.2) is 0 Å². The first-order valence-electron chi connectivity index (χ1n) is 8.54. The summed E-state index contributed by atoms with van der Waals surface area (Å²) in [7, 11) is 1.62. The van der Waals surface area contributed by atoms with Crippen molar-refractivity contribution in [3.8, 4) is 16.6 Å². The highest BCUT2D eigenvalue weighted by Crippen LogP contribution is 2.30. The first-order valence-corrected chi connectivity index (χ1v) is 9.36. The molecule has 0 spiro atoms. The Morgan fingerprint density at radius 2 is 1.88 bits per heavy atom. The van der Waals surface area contributed by atoms with Crippen LogP contribution in [0.5, 0.6) is 0 Å². The lowest BCUT2D eigenvalue weighted by Gasteiger charge is -2.28. The molecule has 7 nitrogen and oxygen atoms in total. The van der Waals surface area contributed by atoms with Gasteiger partial charge in [-0.1, -0.05) is 0 Å². The molecule has 1 amide bonds. The number of piperidine rings is 1. The lowest BCUT2D eigenvalue weighted by atomic mass is 9.98. The number of hydrogen-bond donors (Lipinski definition) is 0. The average molecular weight is 371 g/mol. The number of nitrogens with zero attached hydrogens (tertiary/aromatic N) is 5. The van der Waals surface area contributed by atoms with Crippen LogP contribution in [0, 0.1) is 38.0 Å². The fourth-order valence-corrected chi connectivity index (χ4v) is 4.29. The number of thiazole rings is 1. The molecule has 0 bridgehead atoms. The van der Waals surface area contributed by atoms with E-state index in [-0.39, 0.29) is 17.4 Å². The summed E-state index contributed by atoms with van der Waals surface area (Å²) in [6, 6.07) is 2.27. The molecule has 8 heteroatoms. The van der Waals surface area contributed by atoms with E-state index >= 15 is 0 Å². The summed E-state index contributed by atoms with van der Waals surface area (Å²) in [5.74, 6) is -0.0365. The van der Waals surface area contributed by atoms with Crippen molar-refractivity contribution in [3.05, 3.63) is 32.2 Å². The van der Waals surface area contributed by atoms with Crippen molar-refractivity contribution in [3.63, 3.8) is 0 Å². The fourth-order valence-electron chi connectivity index (χ4n) is 3.16. The molecule has 26 heavy (non-hydrogen) atoms. The predicted octanol–water partition coefficient (Wildman–Crippen LogP) is 2.20. The van der Waals surface area contributed by atoms with Crippen LogP contribution in [0.3, 0.4) is 0 Å². The fraction of sp³-hybridized carbons (Fsp3) is 0.500.